The average Bonchev–Trinajstić information content (AvgIpc) is 3.15. The standard InChI is InChI=1S/C21H25N5O3S2/c1-14-12-18(15(2)26(14)16-7-9-17(10-8-16)31(22,28)29)19(27)13-30-21-24-23-20-6-4-3-5-11-25(20)21/h7-10,12H,3-6,11,13H2,1-2H3,(H2,22,28,29). The van der Waals surface area contributed by atoms with E-state index in [1.165, 1.54) is 30.3 Å². The molecule has 0 atom stereocenters. The number of Topliss-reactive ketones (excluding diaryl/α,β-unsaturated/α-hetero) is 1. The highest BCUT2D eigenvalue weighted by molar-refractivity contribution is 7.99. The van der Waals surface area contributed by atoms with Crippen LogP contribution >= 0.6 is 11.8 Å². The van der Waals surface area contributed by atoms with Gasteiger partial charge in [0.05, 0.1) is 10.6 Å². The van der Waals surface area contributed by atoms with Crippen molar-refractivity contribution < 1.29 is 13.2 Å². The molecule has 1 aromatic carbocycles. The molecule has 0 spiro atoms. The summed E-state index contributed by atoms with van der Waals surface area (Å²) in [6.45, 7) is 4.71. The van der Waals surface area contributed by atoms with Crippen molar-refractivity contribution in [2.75, 3.05) is 5.75 Å². The highest BCUT2D eigenvalue weighted by atomic mass is 32.2. The predicted octanol–water partition coefficient (Wildman–Crippen LogP) is 3.03. The van der Waals surface area contributed by atoms with Gasteiger partial charge in [0.1, 0.15) is 5.82 Å². The van der Waals surface area contributed by atoms with E-state index in [2.05, 4.69) is 14.8 Å². The summed E-state index contributed by atoms with van der Waals surface area (Å²) in [5, 5.41) is 14.6. The molecule has 31 heavy (non-hydrogen) atoms. The van der Waals surface area contributed by atoms with E-state index in [9.17, 15) is 13.2 Å². The Kier molecular flexibility index (Phi) is 6.05. The highest BCUT2D eigenvalue weighted by Gasteiger charge is 2.20. The van der Waals surface area contributed by atoms with Crippen molar-refractivity contribution >= 4 is 27.6 Å². The molecule has 8 nitrogen and oxygen atoms in total. The molecule has 0 fully saturated rings. The van der Waals surface area contributed by atoms with Crippen LogP contribution in [0.25, 0.3) is 5.69 Å². The number of ketones is 1. The molecule has 4 rings (SSSR count). The number of thioether (sulfide) groups is 1. The third-order valence-corrected chi connectivity index (χ3v) is 7.46. The summed E-state index contributed by atoms with van der Waals surface area (Å²) in [5.41, 5.74) is 3.13. The Hall–Kier alpha value is -2.43. The van der Waals surface area contributed by atoms with Gasteiger partial charge in [-0.3, -0.25) is 4.79 Å². The SMILES string of the molecule is Cc1cc(C(=O)CSc2nnc3n2CCCCC3)c(C)n1-c1ccc(S(N)(=O)=O)cc1. The van der Waals surface area contributed by atoms with Gasteiger partial charge in [-0.15, -0.1) is 10.2 Å². The van der Waals surface area contributed by atoms with Gasteiger partial charge in [0.2, 0.25) is 10.0 Å². The first kappa shape index (κ1) is 21.8. The van der Waals surface area contributed by atoms with Crippen molar-refractivity contribution in [1.29, 1.82) is 0 Å². The van der Waals surface area contributed by atoms with Crippen LogP contribution in [0.1, 0.15) is 46.8 Å². The van der Waals surface area contributed by atoms with E-state index in [0.29, 0.717) is 5.56 Å². The van der Waals surface area contributed by atoms with E-state index < -0.39 is 10.0 Å². The first-order chi connectivity index (χ1) is 14.8. The number of fused-ring (bicyclic) bond motifs is 1. The average molecular weight is 460 g/mol. The number of aromatic nitrogens is 4. The number of primary sulfonamides is 1. The molecule has 3 heterocycles. The van der Waals surface area contributed by atoms with Gasteiger partial charge in [-0.1, -0.05) is 18.2 Å². The molecule has 0 saturated carbocycles. The molecule has 0 saturated heterocycles. The Labute approximate surface area is 185 Å². The number of sulfonamides is 1. The summed E-state index contributed by atoms with van der Waals surface area (Å²) in [6.07, 6.45) is 4.37. The second-order valence-corrected chi connectivity index (χ2v) is 10.2. The largest absolute Gasteiger partial charge is 0.318 e. The van der Waals surface area contributed by atoms with Gasteiger partial charge in [0, 0.05) is 35.6 Å². The molecular weight excluding hydrogens is 434 g/mol. The molecule has 0 amide bonds. The molecule has 0 radical (unpaired) electrons. The first-order valence-electron chi connectivity index (χ1n) is 10.2. The van der Waals surface area contributed by atoms with Crippen molar-refractivity contribution in [1.82, 2.24) is 19.3 Å². The fraction of sp³-hybridized carbons (Fsp3) is 0.381. The minimum absolute atomic E-state index is 0.0245. The zero-order valence-corrected chi connectivity index (χ0v) is 19.2. The zero-order chi connectivity index (χ0) is 22.2. The minimum Gasteiger partial charge on any atom is -0.318 e. The molecule has 0 unspecified atom stereocenters. The fourth-order valence-electron chi connectivity index (χ4n) is 4.00. The van der Waals surface area contributed by atoms with Crippen LogP contribution in [0.4, 0.5) is 0 Å². The Morgan fingerprint density at radius 3 is 2.58 bits per heavy atom. The molecule has 2 N–H and O–H groups in total. The molecule has 2 aromatic heterocycles. The maximum Gasteiger partial charge on any atom is 0.238 e. The number of hydrogen-bond donors (Lipinski definition) is 1. The van der Waals surface area contributed by atoms with Gasteiger partial charge >= 0.3 is 0 Å². The quantitative estimate of drug-likeness (QED) is 0.448. The van der Waals surface area contributed by atoms with Crippen molar-refractivity contribution in [3.8, 4) is 5.69 Å². The van der Waals surface area contributed by atoms with Crippen LogP contribution in [-0.4, -0.2) is 39.3 Å². The van der Waals surface area contributed by atoms with E-state index in [1.807, 2.05) is 24.5 Å². The van der Waals surface area contributed by atoms with Crippen LogP contribution in [0.2, 0.25) is 0 Å². The number of aryl methyl sites for hydroxylation is 2. The van der Waals surface area contributed by atoms with E-state index in [1.54, 1.807) is 12.1 Å². The number of rotatable bonds is 6. The lowest BCUT2D eigenvalue weighted by Crippen LogP contribution is -2.12. The van der Waals surface area contributed by atoms with E-state index in [-0.39, 0.29) is 16.4 Å². The first-order valence-corrected chi connectivity index (χ1v) is 12.7. The summed E-state index contributed by atoms with van der Waals surface area (Å²) in [6, 6.07) is 8.19. The molecule has 3 aromatic rings. The number of carbonyl (C=O) groups excluding carboxylic acids is 1. The number of hydrogen-bond acceptors (Lipinski definition) is 6. The molecular formula is C21H25N5O3S2. The van der Waals surface area contributed by atoms with Gasteiger partial charge in [-0.2, -0.15) is 0 Å². The molecule has 0 aliphatic carbocycles. The predicted molar refractivity (Wildman–Crippen MR) is 119 cm³/mol. The van der Waals surface area contributed by atoms with Gasteiger partial charge in [0.25, 0.3) is 0 Å². The van der Waals surface area contributed by atoms with Crippen molar-refractivity contribution in [3.05, 3.63) is 53.1 Å². The molecule has 0 bridgehead atoms. The van der Waals surface area contributed by atoms with Crippen molar-refractivity contribution in [2.45, 2.75) is 56.1 Å². The van der Waals surface area contributed by atoms with Crippen LogP contribution in [0.15, 0.2) is 40.4 Å². The molecule has 1 aliphatic heterocycles. The second-order valence-electron chi connectivity index (χ2n) is 7.73. The van der Waals surface area contributed by atoms with E-state index in [0.717, 1.165) is 53.9 Å². The smallest absolute Gasteiger partial charge is 0.238 e. The molecule has 10 heteroatoms. The monoisotopic (exact) mass is 459 g/mol. The summed E-state index contributed by atoms with van der Waals surface area (Å²) in [4.78, 5) is 13.0. The van der Waals surface area contributed by atoms with Gasteiger partial charge < -0.3 is 9.13 Å². The summed E-state index contributed by atoms with van der Waals surface area (Å²) >= 11 is 1.43. The summed E-state index contributed by atoms with van der Waals surface area (Å²) in [5.74, 6) is 1.32. The fourth-order valence-corrected chi connectivity index (χ4v) is 5.38. The summed E-state index contributed by atoms with van der Waals surface area (Å²) in [7, 11) is -3.75. The lowest BCUT2D eigenvalue weighted by Gasteiger charge is -2.10. The van der Waals surface area contributed by atoms with Gasteiger partial charge in [-0.25, -0.2) is 13.6 Å². The second kappa shape index (κ2) is 8.60. The normalized spacial score (nSPS) is 14.3. The maximum absolute atomic E-state index is 13.0. The Balaban J connectivity index is 1.53. The van der Waals surface area contributed by atoms with Crippen LogP contribution in [0, 0.1) is 13.8 Å². The molecule has 1 aliphatic rings. The third-order valence-electron chi connectivity index (χ3n) is 5.56. The minimum atomic E-state index is -3.75. The van der Waals surface area contributed by atoms with Crippen LogP contribution in [0.5, 0.6) is 0 Å². The highest BCUT2D eigenvalue weighted by Crippen LogP contribution is 2.26. The maximum atomic E-state index is 13.0. The van der Waals surface area contributed by atoms with Crippen molar-refractivity contribution in [2.24, 2.45) is 5.14 Å². The number of nitrogens with zero attached hydrogens (tertiary/aromatic N) is 4. The van der Waals surface area contributed by atoms with Crippen LogP contribution in [-0.2, 0) is 23.0 Å². The van der Waals surface area contributed by atoms with Gasteiger partial charge in [-0.05, 0) is 57.0 Å². The number of carbonyl (C=O) groups is 1. The Bertz CT molecular complexity index is 1230. The number of nitrogens with two attached hydrogens (primary N) is 1. The van der Waals surface area contributed by atoms with E-state index >= 15 is 0 Å². The van der Waals surface area contributed by atoms with Crippen LogP contribution in [0.3, 0.4) is 0 Å². The Morgan fingerprint density at radius 1 is 1.13 bits per heavy atom. The lowest BCUT2D eigenvalue weighted by atomic mass is 10.2. The number of benzene rings is 1. The summed E-state index contributed by atoms with van der Waals surface area (Å²) < 4.78 is 27.1. The zero-order valence-electron chi connectivity index (χ0n) is 17.5. The van der Waals surface area contributed by atoms with Gasteiger partial charge in [0.15, 0.2) is 10.9 Å². The third kappa shape index (κ3) is 4.46. The Morgan fingerprint density at radius 2 is 1.87 bits per heavy atom. The van der Waals surface area contributed by atoms with E-state index in [4.69, 9.17) is 5.14 Å². The lowest BCUT2D eigenvalue weighted by molar-refractivity contribution is 0.102. The van der Waals surface area contributed by atoms with Crippen molar-refractivity contribution in [3.63, 3.8) is 0 Å². The topological polar surface area (TPSA) is 113 Å². The van der Waals surface area contributed by atoms with Crippen LogP contribution < -0.4 is 5.14 Å². The molecule has 164 valence electrons.